The van der Waals surface area contributed by atoms with Crippen LogP contribution in [0.15, 0.2) is 0 Å². The van der Waals surface area contributed by atoms with Crippen LogP contribution in [0.1, 0.15) is 41.5 Å². The molecule has 0 bridgehead atoms. The molecule has 1 unspecified atom stereocenters. The highest BCUT2D eigenvalue weighted by molar-refractivity contribution is 5.80. The molecule has 0 aliphatic rings. The molecule has 0 heterocycles. The van der Waals surface area contributed by atoms with Crippen LogP contribution in [0.3, 0.4) is 0 Å². The molecule has 0 rings (SSSR count). The van der Waals surface area contributed by atoms with E-state index in [1.165, 1.54) is 0 Å². The summed E-state index contributed by atoms with van der Waals surface area (Å²) in [6.45, 7) is 12.0. The molecule has 1 amide bonds. The summed E-state index contributed by atoms with van der Waals surface area (Å²) in [6, 6.07) is -0.698. The van der Waals surface area contributed by atoms with Crippen molar-refractivity contribution >= 4 is 12.1 Å². The van der Waals surface area contributed by atoms with E-state index in [1.807, 2.05) is 34.6 Å². The largest absolute Gasteiger partial charge is 0.464 e. The number of esters is 1. The van der Waals surface area contributed by atoms with E-state index in [-0.39, 0.29) is 11.3 Å². The van der Waals surface area contributed by atoms with Crippen LogP contribution in [0.4, 0.5) is 4.79 Å². The molecule has 0 saturated carbocycles. The Morgan fingerprint density at radius 2 is 1.67 bits per heavy atom. The minimum Gasteiger partial charge on any atom is -0.464 e. The number of ether oxygens (including phenoxy) is 2. The smallest absolute Gasteiger partial charge is 0.407 e. The van der Waals surface area contributed by atoms with Crippen LogP contribution >= 0.6 is 0 Å². The van der Waals surface area contributed by atoms with Gasteiger partial charge >= 0.3 is 12.1 Å². The first-order valence-electron chi connectivity index (χ1n) is 6.22. The van der Waals surface area contributed by atoms with Crippen LogP contribution in [0.5, 0.6) is 0 Å². The van der Waals surface area contributed by atoms with Crippen LogP contribution < -0.4 is 5.32 Å². The monoisotopic (exact) mass is 259 g/mol. The Balaban J connectivity index is 3.96. The van der Waals surface area contributed by atoms with Crippen molar-refractivity contribution in [3.63, 3.8) is 0 Å². The van der Waals surface area contributed by atoms with Crippen molar-refractivity contribution in [3.8, 4) is 0 Å². The van der Waals surface area contributed by atoms with E-state index < -0.39 is 18.1 Å². The number of carbonyl (C=O) groups excluding carboxylic acids is 2. The lowest BCUT2D eigenvalue weighted by Gasteiger charge is -2.19. The van der Waals surface area contributed by atoms with Gasteiger partial charge in [0.15, 0.2) is 0 Å². The molecule has 0 saturated heterocycles. The highest BCUT2D eigenvalue weighted by Gasteiger charge is 2.19. The van der Waals surface area contributed by atoms with E-state index >= 15 is 0 Å². The molecule has 1 atom stereocenters. The van der Waals surface area contributed by atoms with Crippen LogP contribution in [0.25, 0.3) is 0 Å². The fourth-order valence-electron chi connectivity index (χ4n) is 0.933. The minimum absolute atomic E-state index is 0.0985. The van der Waals surface area contributed by atoms with Gasteiger partial charge in [0.05, 0.1) is 13.2 Å². The lowest BCUT2D eigenvalue weighted by Crippen LogP contribution is -2.41. The summed E-state index contributed by atoms with van der Waals surface area (Å²) in [4.78, 5) is 22.9. The average Bonchev–Trinajstić information content (AvgIpc) is 2.21. The number of alkyl carbamates (subject to hydrolysis) is 1. The second kappa shape index (κ2) is 7.24. The van der Waals surface area contributed by atoms with Gasteiger partial charge in [-0.1, -0.05) is 34.6 Å². The predicted molar refractivity (Wildman–Crippen MR) is 69.2 cm³/mol. The summed E-state index contributed by atoms with van der Waals surface area (Å²) in [5.41, 5.74) is -0.0985. The summed E-state index contributed by atoms with van der Waals surface area (Å²) in [6.07, 6.45) is -0.598. The normalized spacial score (nSPS) is 13.1. The van der Waals surface area contributed by atoms with Gasteiger partial charge in [-0.2, -0.15) is 0 Å². The maximum atomic E-state index is 11.5. The summed E-state index contributed by atoms with van der Waals surface area (Å²) in [5.74, 6) is -0.176. The van der Waals surface area contributed by atoms with Gasteiger partial charge in [0, 0.05) is 0 Å². The molecule has 1 N–H and O–H groups in total. The van der Waals surface area contributed by atoms with Crippen LogP contribution in [0.2, 0.25) is 0 Å². The third-order valence-electron chi connectivity index (χ3n) is 1.88. The van der Waals surface area contributed by atoms with E-state index in [4.69, 9.17) is 9.47 Å². The first-order chi connectivity index (χ1) is 8.11. The number of rotatable bonds is 5. The Hall–Kier alpha value is -1.26. The highest BCUT2D eigenvalue weighted by atomic mass is 16.6. The number of hydrogen-bond acceptors (Lipinski definition) is 4. The summed E-state index contributed by atoms with van der Waals surface area (Å²) in [5, 5.41) is 2.44. The molecule has 0 aromatic rings. The predicted octanol–water partition coefficient (Wildman–Crippen LogP) is 2.35. The molecule has 0 spiro atoms. The van der Waals surface area contributed by atoms with Gasteiger partial charge in [0.2, 0.25) is 0 Å². The summed E-state index contributed by atoms with van der Waals surface area (Å²) in [7, 11) is 0. The summed E-state index contributed by atoms with van der Waals surface area (Å²) >= 11 is 0. The van der Waals surface area contributed by atoms with Crippen molar-refractivity contribution in [3.05, 3.63) is 0 Å². The molecule has 0 aliphatic heterocycles. The number of amides is 1. The lowest BCUT2D eigenvalue weighted by molar-refractivity contribution is -0.146. The topological polar surface area (TPSA) is 64.6 Å². The summed E-state index contributed by atoms with van der Waals surface area (Å²) < 4.78 is 10.00. The Morgan fingerprint density at radius 3 is 2.11 bits per heavy atom. The fraction of sp³-hybridized carbons (Fsp3) is 0.846. The quantitative estimate of drug-likeness (QED) is 0.770. The van der Waals surface area contributed by atoms with E-state index in [0.29, 0.717) is 13.2 Å². The van der Waals surface area contributed by atoms with Gasteiger partial charge in [0.25, 0.3) is 0 Å². The zero-order valence-corrected chi connectivity index (χ0v) is 12.2. The molecular formula is C13H25NO4. The SMILES string of the molecule is CC(C)COC(=O)C(C)NC(=O)OCC(C)(C)C. The minimum atomic E-state index is -0.698. The first-order valence-corrected chi connectivity index (χ1v) is 6.22. The van der Waals surface area contributed by atoms with E-state index in [9.17, 15) is 9.59 Å². The first kappa shape index (κ1) is 16.7. The molecule has 5 nitrogen and oxygen atoms in total. The van der Waals surface area contributed by atoms with Gasteiger partial charge in [-0.05, 0) is 18.3 Å². The van der Waals surface area contributed by atoms with Crippen LogP contribution in [-0.2, 0) is 14.3 Å². The lowest BCUT2D eigenvalue weighted by atomic mass is 9.99. The molecular weight excluding hydrogens is 234 g/mol. The number of nitrogens with one attached hydrogen (secondary N) is 1. The van der Waals surface area contributed by atoms with E-state index in [1.54, 1.807) is 6.92 Å². The fourth-order valence-corrected chi connectivity index (χ4v) is 0.933. The van der Waals surface area contributed by atoms with Crippen LogP contribution in [-0.4, -0.2) is 31.3 Å². The number of hydrogen-bond donors (Lipinski definition) is 1. The van der Waals surface area contributed by atoms with Crippen molar-refractivity contribution in [1.82, 2.24) is 5.32 Å². The van der Waals surface area contributed by atoms with E-state index in [2.05, 4.69) is 5.32 Å². The van der Waals surface area contributed by atoms with Gasteiger partial charge in [0.1, 0.15) is 6.04 Å². The van der Waals surface area contributed by atoms with Crippen molar-refractivity contribution in [2.45, 2.75) is 47.6 Å². The second-order valence-electron chi connectivity index (χ2n) is 6.03. The van der Waals surface area contributed by atoms with Gasteiger partial charge < -0.3 is 14.8 Å². The molecule has 0 fully saturated rings. The van der Waals surface area contributed by atoms with Gasteiger partial charge in [-0.15, -0.1) is 0 Å². The molecule has 0 aliphatic carbocycles. The molecule has 5 heteroatoms. The van der Waals surface area contributed by atoms with Gasteiger partial charge in [-0.3, -0.25) is 0 Å². The average molecular weight is 259 g/mol. The van der Waals surface area contributed by atoms with Crippen molar-refractivity contribution in [2.75, 3.05) is 13.2 Å². The third-order valence-corrected chi connectivity index (χ3v) is 1.88. The van der Waals surface area contributed by atoms with Gasteiger partial charge in [-0.25, -0.2) is 9.59 Å². The Kier molecular flexibility index (Phi) is 6.73. The van der Waals surface area contributed by atoms with Crippen molar-refractivity contribution in [2.24, 2.45) is 11.3 Å². The highest BCUT2D eigenvalue weighted by Crippen LogP contribution is 2.12. The Bertz CT molecular complexity index is 281. The maximum Gasteiger partial charge on any atom is 0.407 e. The Morgan fingerprint density at radius 1 is 1.11 bits per heavy atom. The molecule has 106 valence electrons. The van der Waals surface area contributed by atoms with E-state index in [0.717, 1.165) is 0 Å². The second-order valence-corrected chi connectivity index (χ2v) is 6.03. The molecule has 0 aromatic carbocycles. The zero-order chi connectivity index (χ0) is 14.3. The Labute approximate surface area is 109 Å². The molecule has 0 radical (unpaired) electrons. The molecule has 0 aromatic heterocycles. The zero-order valence-electron chi connectivity index (χ0n) is 12.2. The van der Waals surface area contributed by atoms with Crippen molar-refractivity contribution < 1.29 is 19.1 Å². The van der Waals surface area contributed by atoms with Crippen molar-refractivity contribution in [1.29, 1.82) is 0 Å². The van der Waals surface area contributed by atoms with Crippen LogP contribution in [0, 0.1) is 11.3 Å². The third kappa shape index (κ3) is 8.84. The standard InChI is InChI=1S/C13H25NO4/c1-9(2)7-17-11(15)10(3)14-12(16)18-8-13(4,5)6/h9-10H,7-8H2,1-6H3,(H,14,16). The molecule has 18 heavy (non-hydrogen) atoms. The number of carbonyl (C=O) groups is 2. The maximum absolute atomic E-state index is 11.5.